The minimum Gasteiger partial charge on any atom is -0.457 e. The molecule has 0 saturated carbocycles. The van der Waals surface area contributed by atoms with Gasteiger partial charge in [0.05, 0.1) is 5.57 Å². The van der Waals surface area contributed by atoms with E-state index in [1.54, 1.807) is 6.08 Å². The van der Waals surface area contributed by atoms with Gasteiger partial charge in [-0.3, -0.25) is 0 Å². The number of carbonyl (C=O) groups is 1. The molecule has 0 N–H and O–H groups in total. The van der Waals surface area contributed by atoms with E-state index in [4.69, 9.17) is 9.47 Å². The second-order valence-electron chi connectivity index (χ2n) is 5.85. The normalized spacial score (nSPS) is 14.8. The molecular formula is C23H16O3. The van der Waals surface area contributed by atoms with Crippen LogP contribution in [0.25, 0.3) is 11.8 Å². The third kappa shape index (κ3) is 3.57. The highest BCUT2D eigenvalue weighted by molar-refractivity contribution is 6.05. The molecule has 1 aliphatic heterocycles. The molecule has 126 valence electrons. The monoisotopic (exact) mass is 340 g/mol. The largest absolute Gasteiger partial charge is 0.457 e. The first-order valence-corrected chi connectivity index (χ1v) is 8.32. The van der Waals surface area contributed by atoms with Gasteiger partial charge in [0, 0.05) is 5.56 Å². The predicted octanol–water partition coefficient (Wildman–Crippen LogP) is 5.46. The van der Waals surface area contributed by atoms with Crippen molar-refractivity contribution in [3.8, 4) is 11.5 Å². The number of benzene rings is 3. The molecule has 0 unspecified atom stereocenters. The van der Waals surface area contributed by atoms with Crippen molar-refractivity contribution in [1.82, 2.24) is 0 Å². The lowest BCUT2D eigenvalue weighted by Gasteiger charge is -2.06. The Morgan fingerprint density at radius 3 is 2.04 bits per heavy atom. The molecule has 0 bridgehead atoms. The summed E-state index contributed by atoms with van der Waals surface area (Å²) >= 11 is 0. The molecule has 3 aromatic carbocycles. The van der Waals surface area contributed by atoms with E-state index in [1.807, 2.05) is 91.0 Å². The maximum absolute atomic E-state index is 12.1. The van der Waals surface area contributed by atoms with E-state index in [0.717, 1.165) is 22.6 Å². The molecule has 0 saturated heterocycles. The number of carbonyl (C=O) groups excluding carboxylic acids is 1. The van der Waals surface area contributed by atoms with Crippen molar-refractivity contribution in [2.24, 2.45) is 0 Å². The number of hydrogen-bond donors (Lipinski definition) is 0. The number of para-hydroxylation sites is 1. The van der Waals surface area contributed by atoms with Gasteiger partial charge in [-0.15, -0.1) is 0 Å². The molecule has 0 spiro atoms. The van der Waals surface area contributed by atoms with Crippen LogP contribution in [0.4, 0.5) is 0 Å². The summed E-state index contributed by atoms with van der Waals surface area (Å²) in [6.45, 7) is 0. The Morgan fingerprint density at radius 1 is 0.731 bits per heavy atom. The Labute approximate surface area is 151 Å². The quantitative estimate of drug-likeness (QED) is 0.467. The smallest absolute Gasteiger partial charge is 0.343 e. The van der Waals surface area contributed by atoms with Crippen LogP contribution >= 0.6 is 0 Å². The van der Waals surface area contributed by atoms with Crippen LogP contribution < -0.4 is 4.74 Å². The summed E-state index contributed by atoms with van der Waals surface area (Å²) in [5.74, 6) is 1.71. The highest BCUT2D eigenvalue weighted by atomic mass is 16.5. The zero-order chi connectivity index (χ0) is 17.8. The first kappa shape index (κ1) is 15.9. The Kier molecular flexibility index (Phi) is 4.35. The van der Waals surface area contributed by atoms with Gasteiger partial charge in [-0.1, -0.05) is 48.5 Å². The summed E-state index contributed by atoms with van der Waals surface area (Å²) in [6.07, 6.45) is 3.59. The van der Waals surface area contributed by atoms with Gasteiger partial charge < -0.3 is 9.47 Å². The van der Waals surface area contributed by atoms with E-state index in [2.05, 4.69) is 0 Å². The molecular weight excluding hydrogens is 324 g/mol. The fourth-order valence-corrected chi connectivity index (χ4v) is 2.67. The van der Waals surface area contributed by atoms with Gasteiger partial charge in [0.2, 0.25) is 0 Å². The van der Waals surface area contributed by atoms with Crippen molar-refractivity contribution >= 4 is 17.8 Å². The number of cyclic esters (lactones) is 1. The molecule has 4 rings (SSSR count). The second-order valence-corrected chi connectivity index (χ2v) is 5.85. The summed E-state index contributed by atoms with van der Waals surface area (Å²) in [4.78, 5) is 12.1. The zero-order valence-corrected chi connectivity index (χ0v) is 14.0. The maximum Gasteiger partial charge on any atom is 0.343 e. The lowest BCUT2D eigenvalue weighted by atomic mass is 10.1. The molecule has 3 aromatic rings. The lowest BCUT2D eigenvalue weighted by Crippen LogP contribution is -1.97. The maximum atomic E-state index is 12.1. The van der Waals surface area contributed by atoms with E-state index in [0.29, 0.717) is 11.3 Å². The van der Waals surface area contributed by atoms with Crippen molar-refractivity contribution in [3.05, 3.63) is 108 Å². The van der Waals surface area contributed by atoms with E-state index >= 15 is 0 Å². The van der Waals surface area contributed by atoms with Crippen LogP contribution in [0.15, 0.2) is 96.6 Å². The molecule has 0 amide bonds. The van der Waals surface area contributed by atoms with Crippen LogP contribution in [-0.4, -0.2) is 5.97 Å². The van der Waals surface area contributed by atoms with Crippen molar-refractivity contribution in [3.63, 3.8) is 0 Å². The lowest BCUT2D eigenvalue weighted by molar-refractivity contribution is -0.130. The van der Waals surface area contributed by atoms with Crippen LogP contribution in [-0.2, 0) is 9.53 Å². The zero-order valence-electron chi connectivity index (χ0n) is 14.0. The van der Waals surface area contributed by atoms with E-state index in [1.165, 1.54) is 0 Å². The Hall–Kier alpha value is -3.59. The van der Waals surface area contributed by atoms with E-state index in [9.17, 15) is 4.79 Å². The third-order valence-corrected chi connectivity index (χ3v) is 3.96. The van der Waals surface area contributed by atoms with Crippen molar-refractivity contribution in [2.75, 3.05) is 0 Å². The third-order valence-electron chi connectivity index (χ3n) is 3.96. The first-order chi connectivity index (χ1) is 12.8. The van der Waals surface area contributed by atoms with Crippen molar-refractivity contribution in [2.45, 2.75) is 0 Å². The highest BCUT2D eigenvalue weighted by Crippen LogP contribution is 2.29. The molecule has 0 aromatic heterocycles. The molecule has 1 heterocycles. The average molecular weight is 340 g/mol. The molecule has 0 radical (unpaired) electrons. The molecule has 3 heteroatoms. The summed E-state index contributed by atoms with van der Waals surface area (Å²) in [5, 5.41) is 0. The van der Waals surface area contributed by atoms with Gasteiger partial charge in [-0.25, -0.2) is 4.79 Å². The number of esters is 1. The van der Waals surface area contributed by atoms with Crippen LogP contribution in [0.1, 0.15) is 11.1 Å². The molecule has 26 heavy (non-hydrogen) atoms. The van der Waals surface area contributed by atoms with Crippen molar-refractivity contribution in [1.29, 1.82) is 0 Å². The van der Waals surface area contributed by atoms with Gasteiger partial charge in [0.15, 0.2) is 0 Å². The molecule has 0 fully saturated rings. The van der Waals surface area contributed by atoms with Gasteiger partial charge >= 0.3 is 5.97 Å². The number of rotatable bonds is 4. The van der Waals surface area contributed by atoms with Crippen LogP contribution in [0, 0.1) is 0 Å². The standard InChI is InChI=1S/C23H16O3/c24-23-19(15-17-7-3-1-4-8-17)16-22(26-23)18-11-13-21(14-12-18)25-20-9-5-2-6-10-20/h1-16H/b19-15+. The summed E-state index contributed by atoms with van der Waals surface area (Å²) in [7, 11) is 0. The van der Waals surface area contributed by atoms with E-state index in [-0.39, 0.29) is 5.97 Å². The fraction of sp³-hybridized carbons (Fsp3) is 0. The Balaban J connectivity index is 1.53. The minimum atomic E-state index is -0.339. The Bertz CT molecular complexity index is 969. The minimum absolute atomic E-state index is 0.339. The molecule has 3 nitrogen and oxygen atoms in total. The van der Waals surface area contributed by atoms with Crippen LogP contribution in [0.5, 0.6) is 11.5 Å². The second kappa shape index (κ2) is 7.11. The highest BCUT2D eigenvalue weighted by Gasteiger charge is 2.21. The molecule has 0 atom stereocenters. The van der Waals surface area contributed by atoms with Gasteiger partial charge in [0.1, 0.15) is 17.3 Å². The van der Waals surface area contributed by atoms with Gasteiger partial charge in [-0.2, -0.15) is 0 Å². The molecule has 0 aliphatic carbocycles. The molecule has 1 aliphatic rings. The van der Waals surface area contributed by atoms with Crippen LogP contribution in [0.2, 0.25) is 0 Å². The van der Waals surface area contributed by atoms with Crippen molar-refractivity contribution < 1.29 is 14.3 Å². The summed E-state index contributed by atoms with van der Waals surface area (Å²) < 4.78 is 11.2. The predicted molar refractivity (Wildman–Crippen MR) is 101 cm³/mol. The summed E-state index contributed by atoms with van der Waals surface area (Å²) in [6, 6.07) is 26.8. The topological polar surface area (TPSA) is 35.5 Å². The van der Waals surface area contributed by atoms with Crippen LogP contribution in [0.3, 0.4) is 0 Å². The first-order valence-electron chi connectivity index (χ1n) is 8.32. The summed E-state index contributed by atoms with van der Waals surface area (Å²) in [5.41, 5.74) is 2.33. The SMILES string of the molecule is O=C1OC(c2ccc(Oc3ccccc3)cc2)=C/C1=C\c1ccccc1. The average Bonchev–Trinajstić information content (AvgIpc) is 3.04. The van der Waals surface area contributed by atoms with Gasteiger partial charge in [0.25, 0.3) is 0 Å². The number of hydrogen-bond acceptors (Lipinski definition) is 3. The van der Waals surface area contributed by atoms with Gasteiger partial charge in [-0.05, 0) is 54.1 Å². The van der Waals surface area contributed by atoms with E-state index < -0.39 is 0 Å². The number of ether oxygens (including phenoxy) is 2. The Morgan fingerprint density at radius 2 is 1.35 bits per heavy atom. The fourth-order valence-electron chi connectivity index (χ4n) is 2.67.